The molecular formula is C12H16BrN3O3. The van der Waals surface area contributed by atoms with Gasteiger partial charge in [0.2, 0.25) is 0 Å². The van der Waals surface area contributed by atoms with E-state index in [4.69, 9.17) is 10.9 Å². The van der Waals surface area contributed by atoms with Gasteiger partial charge in [0.15, 0.2) is 0 Å². The molecule has 1 atom stereocenters. The molecule has 1 aromatic carbocycles. The SMILES string of the molecule is CC(CN(C)C(=O)c1cc(Br)ccc1O)/C(N)=N/O. The van der Waals surface area contributed by atoms with Crippen LogP contribution in [-0.2, 0) is 0 Å². The lowest BCUT2D eigenvalue weighted by atomic mass is 10.1. The maximum Gasteiger partial charge on any atom is 0.257 e. The molecule has 0 aliphatic carbocycles. The number of benzene rings is 1. The number of oxime groups is 1. The van der Waals surface area contributed by atoms with Gasteiger partial charge in [-0.15, -0.1) is 0 Å². The number of nitrogens with zero attached hydrogens (tertiary/aromatic N) is 2. The fourth-order valence-corrected chi connectivity index (χ4v) is 1.93. The highest BCUT2D eigenvalue weighted by Crippen LogP contribution is 2.23. The first-order valence-electron chi connectivity index (χ1n) is 5.58. The molecule has 0 bridgehead atoms. The number of nitrogens with two attached hydrogens (primary N) is 1. The van der Waals surface area contributed by atoms with E-state index in [9.17, 15) is 9.90 Å². The van der Waals surface area contributed by atoms with Gasteiger partial charge in [-0.05, 0) is 18.2 Å². The molecule has 1 unspecified atom stereocenters. The van der Waals surface area contributed by atoms with E-state index in [1.165, 1.54) is 11.0 Å². The summed E-state index contributed by atoms with van der Waals surface area (Å²) >= 11 is 3.24. The number of amidine groups is 1. The van der Waals surface area contributed by atoms with Gasteiger partial charge < -0.3 is 20.9 Å². The predicted octanol–water partition coefficient (Wildman–Crippen LogP) is 1.61. The zero-order valence-electron chi connectivity index (χ0n) is 10.7. The van der Waals surface area contributed by atoms with Crippen LogP contribution < -0.4 is 5.73 Å². The normalized spacial score (nSPS) is 13.1. The van der Waals surface area contributed by atoms with Gasteiger partial charge in [0, 0.05) is 24.0 Å². The van der Waals surface area contributed by atoms with Gasteiger partial charge in [-0.1, -0.05) is 28.0 Å². The Bertz CT molecular complexity index is 505. The minimum absolute atomic E-state index is 0.0538. The van der Waals surface area contributed by atoms with Crippen LogP contribution in [-0.4, -0.2) is 40.5 Å². The maximum atomic E-state index is 12.2. The fraction of sp³-hybridized carbons (Fsp3) is 0.333. The molecule has 19 heavy (non-hydrogen) atoms. The van der Waals surface area contributed by atoms with E-state index in [0.717, 1.165) is 0 Å². The molecule has 1 aromatic rings. The number of carbonyl (C=O) groups excluding carboxylic acids is 1. The number of rotatable bonds is 4. The third-order valence-corrected chi connectivity index (χ3v) is 3.20. The Hall–Kier alpha value is -1.76. The van der Waals surface area contributed by atoms with Gasteiger partial charge >= 0.3 is 0 Å². The smallest absolute Gasteiger partial charge is 0.257 e. The number of carbonyl (C=O) groups is 1. The summed E-state index contributed by atoms with van der Waals surface area (Å²) in [5.74, 6) is -0.653. The third-order valence-electron chi connectivity index (χ3n) is 2.70. The zero-order chi connectivity index (χ0) is 14.6. The van der Waals surface area contributed by atoms with Gasteiger partial charge in [-0.3, -0.25) is 4.79 Å². The van der Waals surface area contributed by atoms with Crippen molar-refractivity contribution in [2.75, 3.05) is 13.6 Å². The predicted molar refractivity (Wildman–Crippen MR) is 75.3 cm³/mol. The molecule has 0 saturated heterocycles. The van der Waals surface area contributed by atoms with E-state index in [1.807, 2.05) is 0 Å². The fourth-order valence-electron chi connectivity index (χ4n) is 1.57. The van der Waals surface area contributed by atoms with Crippen molar-refractivity contribution in [1.82, 2.24) is 4.90 Å². The Morgan fingerprint density at radius 3 is 2.79 bits per heavy atom. The highest BCUT2D eigenvalue weighted by Gasteiger charge is 2.19. The zero-order valence-corrected chi connectivity index (χ0v) is 12.3. The number of phenolic OH excluding ortho intramolecular Hbond substituents is 1. The van der Waals surface area contributed by atoms with Gasteiger partial charge in [0.25, 0.3) is 5.91 Å². The molecule has 0 aliphatic heterocycles. The van der Waals surface area contributed by atoms with E-state index < -0.39 is 0 Å². The van der Waals surface area contributed by atoms with Gasteiger partial charge in [0.05, 0.1) is 5.56 Å². The van der Waals surface area contributed by atoms with Crippen LogP contribution in [0, 0.1) is 5.92 Å². The Balaban J connectivity index is 2.85. The summed E-state index contributed by atoms with van der Waals surface area (Å²) in [6.07, 6.45) is 0. The van der Waals surface area contributed by atoms with Gasteiger partial charge in [0.1, 0.15) is 11.6 Å². The Kier molecular flexibility index (Phi) is 5.17. The highest BCUT2D eigenvalue weighted by molar-refractivity contribution is 9.10. The van der Waals surface area contributed by atoms with Crippen LogP contribution in [0.5, 0.6) is 5.75 Å². The van der Waals surface area contributed by atoms with E-state index in [0.29, 0.717) is 4.47 Å². The van der Waals surface area contributed by atoms with Crippen LogP contribution in [0.2, 0.25) is 0 Å². The van der Waals surface area contributed by atoms with Gasteiger partial charge in [-0.25, -0.2) is 0 Å². The van der Waals surface area contributed by atoms with Crippen LogP contribution >= 0.6 is 15.9 Å². The highest BCUT2D eigenvalue weighted by atomic mass is 79.9. The van der Waals surface area contributed by atoms with Crippen LogP contribution in [0.25, 0.3) is 0 Å². The van der Waals surface area contributed by atoms with Crippen LogP contribution in [0.3, 0.4) is 0 Å². The van der Waals surface area contributed by atoms with Crippen molar-refractivity contribution in [3.63, 3.8) is 0 Å². The summed E-state index contributed by atoms with van der Waals surface area (Å²) in [5.41, 5.74) is 5.66. The number of hydrogen-bond acceptors (Lipinski definition) is 4. The average molecular weight is 330 g/mol. The van der Waals surface area contributed by atoms with Crippen molar-refractivity contribution >= 4 is 27.7 Å². The first-order valence-corrected chi connectivity index (χ1v) is 6.37. The maximum absolute atomic E-state index is 12.2. The first-order chi connectivity index (χ1) is 8.86. The largest absolute Gasteiger partial charge is 0.507 e. The molecule has 4 N–H and O–H groups in total. The molecule has 104 valence electrons. The number of hydrogen-bond donors (Lipinski definition) is 3. The molecule has 0 saturated carbocycles. The average Bonchev–Trinajstić information content (AvgIpc) is 2.39. The Labute approximate surface area is 119 Å². The van der Waals surface area contributed by atoms with Crippen molar-refractivity contribution < 1.29 is 15.1 Å². The van der Waals surface area contributed by atoms with Crippen LogP contribution in [0.1, 0.15) is 17.3 Å². The number of aromatic hydroxyl groups is 1. The second kappa shape index (κ2) is 6.42. The standard InChI is InChI=1S/C12H16BrN3O3/c1-7(11(14)15-19)6-16(2)12(18)9-5-8(13)3-4-10(9)17/h3-5,7,17,19H,6H2,1-2H3,(H2,14,15). The van der Waals surface area contributed by atoms with E-state index in [2.05, 4.69) is 21.1 Å². The lowest BCUT2D eigenvalue weighted by Crippen LogP contribution is -2.36. The Morgan fingerprint density at radius 1 is 1.58 bits per heavy atom. The summed E-state index contributed by atoms with van der Waals surface area (Å²) in [5, 5.41) is 21.2. The summed E-state index contributed by atoms with van der Waals surface area (Å²) in [7, 11) is 1.59. The van der Waals surface area contributed by atoms with Crippen LogP contribution in [0.4, 0.5) is 0 Å². The lowest BCUT2D eigenvalue weighted by molar-refractivity contribution is 0.0783. The van der Waals surface area contributed by atoms with Crippen molar-refractivity contribution in [2.24, 2.45) is 16.8 Å². The molecule has 0 fully saturated rings. The summed E-state index contributed by atoms with van der Waals surface area (Å²) in [6, 6.07) is 4.63. The summed E-state index contributed by atoms with van der Waals surface area (Å²) in [6.45, 7) is 2.01. The van der Waals surface area contributed by atoms with Crippen molar-refractivity contribution in [3.05, 3.63) is 28.2 Å². The van der Waals surface area contributed by atoms with Crippen molar-refractivity contribution in [2.45, 2.75) is 6.92 Å². The molecule has 1 rings (SSSR count). The molecule has 0 aliphatic rings. The molecule has 0 spiro atoms. The minimum atomic E-state index is -0.337. The summed E-state index contributed by atoms with van der Waals surface area (Å²) in [4.78, 5) is 13.6. The molecule has 0 aromatic heterocycles. The van der Waals surface area contributed by atoms with Gasteiger partial charge in [-0.2, -0.15) is 0 Å². The molecular weight excluding hydrogens is 314 g/mol. The lowest BCUT2D eigenvalue weighted by Gasteiger charge is -2.21. The van der Waals surface area contributed by atoms with E-state index >= 15 is 0 Å². The second-order valence-electron chi connectivity index (χ2n) is 4.27. The van der Waals surface area contributed by atoms with Crippen molar-refractivity contribution in [1.29, 1.82) is 0 Å². The molecule has 1 amide bonds. The quantitative estimate of drug-likeness (QED) is 0.338. The van der Waals surface area contributed by atoms with E-state index in [1.54, 1.807) is 26.1 Å². The molecule has 7 heteroatoms. The molecule has 6 nitrogen and oxygen atoms in total. The first kappa shape index (κ1) is 15.3. The number of halogens is 1. The Morgan fingerprint density at radius 2 is 2.21 bits per heavy atom. The minimum Gasteiger partial charge on any atom is -0.507 e. The monoisotopic (exact) mass is 329 g/mol. The van der Waals surface area contributed by atoms with Crippen LogP contribution in [0.15, 0.2) is 27.8 Å². The second-order valence-corrected chi connectivity index (χ2v) is 5.19. The number of phenols is 1. The topological polar surface area (TPSA) is 99.2 Å². The van der Waals surface area contributed by atoms with E-state index in [-0.39, 0.29) is 35.5 Å². The molecule has 0 radical (unpaired) electrons. The molecule has 0 heterocycles. The number of amides is 1. The summed E-state index contributed by atoms with van der Waals surface area (Å²) < 4.78 is 0.700. The third kappa shape index (κ3) is 3.85. The van der Waals surface area contributed by atoms with Crippen molar-refractivity contribution in [3.8, 4) is 5.75 Å².